The summed E-state index contributed by atoms with van der Waals surface area (Å²) in [5.41, 5.74) is 2.23. The average Bonchev–Trinajstić information content (AvgIpc) is 2.67. The summed E-state index contributed by atoms with van der Waals surface area (Å²) in [5, 5.41) is 9.02. The van der Waals surface area contributed by atoms with Gasteiger partial charge in [0.15, 0.2) is 0 Å². The molecule has 0 spiro atoms. The van der Waals surface area contributed by atoms with Crippen molar-refractivity contribution in [2.45, 2.75) is 45.4 Å². The Hall–Kier alpha value is -2.37. The number of unbranched alkanes of at least 4 members (excludes halogenated alkanes) is 1. The van der Waals surface area contributed by atoms with Crippen molar-refractivity contribution < 1.29 is 19.5 Å². The molecule has 148 valence electrons. The van der Waals surface area contributed by atoms with Crippen molar-refractivity contribution in [3.63, 3.8) is 0 Å². The fourth-order valence-electron chi connectivity index (χ4n) is 3.28. The number of piperidine rings is 1. The lowest BCUT2D eigenvalue weighted by molar-refractivity contribution is -0.146. The summed E-state index contributed by atoms with van der Waals surface area (Å²) in [6.07, 6.45) is 4.60. The molecule has 0 unspecified atom stereocenters. The van der Waals surface area contributed by atoms with Crippen molar-refractivity contribution in [1.29, 1.82) is 0 Å². The van der Waals surface area contributed by atoms with Gasteiger partial charge in [0, 0.05) is 20.1 Å². The van der Waals surface area contributed by atoms with Gasteiger partial charge in [-0.2, -0.15) is 0 Å². The maximum atomic E-state index is 12.4. The lowest BCUT2D eigenvalue weighted by Gasteiger charge is -2.31. The van der Waals surface area contributed by atoms with Gasteiger partial charge < -0.3 is 14.9 Å². The number of likely N-dealkylation sites (tertiary alicyclic amines) is 1. The molecule has 0 aromatic heterocycles. The quantitative estimate of drug-likeness (QED) is 0.758. The van der Waals surface area contributed by atoms with E-state index in [1.165, 1.54) is 10.5 Å². The lowest BCUT2D eigenvalue weighted by atomic mass is 9.97. The van der Waals surface area contributed by atoms with Crippen molar-refractivity contribution in [1.82, 2.24) is 9.80 Å². The van der Waals surface area contributed by atoms with Crippen molar-refractivity contribution in [3.8, 4) is 0 Å². The Labute approximate surface area is 161 Å². The molecule has 6 heteroatoms. The first-order chi connectivity index (χ1) is 12.9. The molecule has 2 rings (SSSR count). The minimum Gasteiger partial charge on any atom is -0.481 e. The fraction of sp³-hybridized carbons (Fsp3) is 0.571. The number of benzene rings is 1. The van der Waals surface area contributed by atoms with Crippen molar-refractivity contribution in [2.75, 3.05) is 26.7 Å². The third-order valence-electron chi connectivity index (χ3n) is 5.19. The van der Waals surface area contributed by atoms with E-state index in [0.717, 1.165) is 24.8 Å². The molecule has 0 bridgehead atoms. The number of nitrogens with zero attached hydrogens (tertiary/aromatic N) is 2. The Bertz CT molecular complexity index is 649. The van der Waals surface area contributed by atoms with Crippen LogP contribution in [0.15, 0.2) is 24.3 Å². The highest BCUT2D eigenvalue weighted by Crippen LogP contribution is 2.17. The van der Waals surface area contributed by atoms with Crippen molar-refractivity contribution in [2.24, 2.45) is 5.92 Å². The number of hydrogen-bond donors (Lipinski definition) is 1. The summed E-state index contributed by atoms with van der Waals surface area (Å²) in [6.45, 7) is 3.08. The third-order valence-corrected chi connectivity index (χ3v) is 5.19. The van der Waals surface area contributed by atoms with Crippen LogP contribution in [0.4, 0.5) is 0 Å². The predicted octanol–water partition coefficient (Wildman–Crippen LogP) is 2.35. The molecule has 1 saturated heterocycles. The van der Waals surface area contributed by atoms with E-state index in [4.69, 9.17) is 5.11 Å². The first kappa shape index (κ1) is 20.9. The smallest absolute Gasteiger partial charge is 0.306 e. The maximum Gasteiger partial charge on any atom is 0.306 e. The van der Waals surface area contributed by atoms with Gasteiger partial charge in [0.05, 0.1) is 18.9 Å². The highest BCUT2D eigenvalue weighted by atomic mass is 16.4. The Morgan fingerprint density at radius 3 is 2.26 bits per heavy atom. The van der Waals surface area contributed by atoms with Gasteiger partial charge in [-0.15, -0.1) is 0 Å². The van der Waals surface area contributed by atoms with Gasteiger partial charge >= 0.3 is 5.97 Å². The molecule has 1 aromatic carbocycles. The summed E-state index contributed by atoms with van der Waals surface area (Å²) in [7, 11) is 1.64. The number of carbonyl (C=O) groups excluding carboxylic acids is 2. The van der Waals surface area contributed by atoms with Gasteiger partial charge in [-0.1, -0.05) is 37.6 Å². The number of hydrogen-bond acceptors (Lipinski definition) is 3. The van der Waals surface area contributed by atoms with Gasteiger partial charge in [-0.05, 0) is 36.8 Å². The second kappa shape index (κ2) is 10.1. The van der Waals surface area contributed by atoms with E-state index < -0.39 is 5.97 Å². The molecule has 1 heterocycles. The summed E-state index contributed by atoms with van der Waals surface area (Å²) >= 11 is 0. The second-order valence-electron chi connectivity index (χ2n) is 7.34. The first-order valence-corrected chi connectivity index (χ1v) is 9.73. The molecule has 1 aliphatic rings. The van der Waals surface area contributed by atoms with E-state index in [-0.39, 0.29) is 30.7 Å². The predicted molar refractivity (Wildman–Crippen MR) is 103 cm³/mol. The molecule has 1 aliphatic heterocycles. The molecule has 1 fully saturated rings. The Morgan fingerprint density at radius 1 is 1.11 bits per heavy atom. The van der Waals surface area contributed by atoms with Crippen LogP contribution in [0.3, 0.4) is 0 Å². The summed E-state index contributed by atoms with van der Waals surface area (Å²) in [4.78, 5) is 38.9. The summed E-state index contributed by atoms with van der Waals surface area (Å²) in [6, 6.07) is 8.09. The Kier molecular flexibility index (Phi) is 7.82. The highest BCUT2D eigenvalue weighted by Gasteiger charge is 2.27. The molecule has 1 N–H and O–H groups in total. The van der Waals surface area contributed by atoms with Crippen LogP contribution >= 0.6 is 0 Å². The minimum atomic E-state index is -0.796. The zero-order chi connectivity index (χ0) is 19.8. The molecule has 0 aliphatic carbocycles. The molecular formula is C21H30N2O4. The zero-order valence-electron chi connectivity index (χ0n) is 16.3. The van der Waals surface area contributed by atoms with Gasteiger partial charge in [-0.25, -0.2) is 0 Å². The normalized spacial score (nSPS) is 14.8. The number of carbonyl (C=O) groups is 3. The number of carboxylic acid groups (broad SMARTS) is 1. The van der Waals surface area contributed by atoms with Crippen LogP contribution in [-0.2, 0) is 27.2 Å². The molecule has 2 amide bonds. The molecule has 0 atom stereocenters. The number of rotatable bonds is 8. The number of aliphatic carboxylic acids is 1. The van der Waals surface area contributed by atoms with Crippen LogP contribution in [0, 0.1) is 5.92 Å². The van der Waals surface area contributed by atoms with Crippen LogP contribution in [0.1, 0.15) is 43.7 Å². The lowest BCUT2D eigenvalue weighted by Crippen LogP contribution is -2.45. The molecule has 0 radical (unpaired) electrons. The van der Waals surface area contributed by atoms with Gasteiger partial charge in [0.25, 0.3) is 0 Å². The molecule has 27 heavy (non-hydrogen) atoms. The highest BCUT2D eigenvalue weighted by molar-refractivity contribution is 5.85. The SMILES string of the molecule is CCCCc1ccc(CC(=O)N(C)CC(=O)N2CCC(C(=O)O)CC2)cc1. The molecule has 6 nitrogen and oxygen atoms in total. The van der Waals surface area contributed by atoms with E-state index in [9.17, 15) is 14.4 Å². The third kappa shape index (κ3) is 6.38. The minimum absolute atomic E-state index is 0.0329. The molecule has 0 saturated carbocycles. The van der Waals surface area contributed by atoms with Crippen molar-refractivity contribution in [3.05, 3.63) is 35.4 Å². The number of likely N-dealkylation sites (N-methyl/N-ethyl adjacent to an activating group) is 1. The van der Waals surface area contributed by atoms with E-state index in [1.54, 1.807) is 11.9 Å². The number of carboxylic acids is 1. The number of amides is 2. The summed E-state index contributed by atoms with van der Waals surface area (Å²) in [5.74, 6) is -1.38. The van der Waals surface area contributed by atoms with Crippen LogP contribution in [0.2, 0.25) is 0 Å². The largest absolute Gasteiger partial charge is 0.481 e. The standard InChI is InChI=1S/C21H30N2O4/c1-3-4-5-16-6-8-17(9-7-16)14-19(24)22(2)15-20(25)23-12-10-18(11-13-23)21(26)27/h6-9,18H,3-5,10-15H2,1-2H3,(H,26,27). The van der Waals surface area contributed by atoms with Crippen LogP contribution in [0.5, 0.6) is 0 Å². The van der Waals surface area contributed by atoms with Gasteiger partial charge in [0.2, 0.25) is 11.8 Å². The average molecular weight is 374 g/mol. The number of aryl methyl sites for hydroxylation is 1. The Morgan fingerprint density at radius 2 is 1.70 bits per heavy atom. The maximum absolute atomic E-state index is 12.4. The zero-order valence-corrected chi connectivity index (χ0v) is 16.3. The van der Waals surface area contributed by atoms with Crippen molar-refractivity contribution >= 4 is 17.8 Å². The van der Waals surface area contributed by atoms with E-state index in [1.807, 2.05) is 12.1 Å². The van der Waals surface area contributed by atoms with Crippen LogP contribution in [-0.4, -0.2) is 59.4 Å². The van der Waals surface area contributed by atoms with Crippen LogP contribution < -0.4 is 0 Å². The molecule has 1 aromatic rings. The van der Waals surface area contributed by atoms with E-state index in [0.29, 0.717) is 25.9 Å². The fourth-order valence-corrected chi connectivity index (χ4v) is 3.28. The first-order valence-electron chi connectivity index (χ1n) is 9.73. The van der Waals surface area contributed by atoms with Crippen LogP contribution in [0.25, 0.3) is 0 Å². The monoisotopic (exact) mass is 374 g/mol. The molecular weight excluding hydrogens is 344 g/mol. The second-order valence-corrected chi connectivity index (χ2v) is 7.34. The van der Waals surface area contributed by atoms with E-state index in [2.05, 4.69) is 19.1 Å². The van der Waals surface area contributed by atoms with Gasteiger partial charge in [0.1, 0.15) is 0 Å². The Balaban J connectivity index is 1.79. The van der Waals surface area contributed by atoms with Gasteiger partial charge in [-0.3, -0.25) is 14.4 Å². The summed E-state index contributed by atoms with van der Waals surface area (Å²) < 4.78 is 0. The topological polar surface area (TPSA) is 77.9 Å². The van der Waals surface area contributed by atoms with E-state index >= 15 is 0 Å².